The highest BCUT2D eigenvalue weighted by Gasteiger charge is 2.27. The first-order valence-electron chi connectivity index (χ1n) is 5.11. The van der Waals surface area contributed by atoms with E-state index in [0.29, 0.717) is 13.0 Å². The van der Waals surface area contributed by atoms with Crippen molar-refractivity contribution in [3.63, 3.8) is 0 Å². The largest absolute Gasteiger partial charge is 0.481 e. The summed E-state index contributed by atoms with van der Waals surface area (Å²) in [6.45, 7) is 3.99. The molecule has 0 aliphatic carbocycles. The van der Waals surface area contributed by atoms with Gasteiger partial charge in [-0.05, 0) is 32.2 Å². The first-order chi connectivity index (χ1) is 6.50. The number of nitrogens with two attached hydrogens (primary N) is 1. The van der Waals surface area contributed by atoms with Crippen LogP contribution in [-0.4, -0.2) is 28.8 Å². The molecule has 0 aromatic heterocycles. The Morgan fingerprint density at radius 3 is 2.29 bits per heavy atom. The van der Waals surface area contributed by atoms with Crippen molar-refractivity contribution in [3.8, 4) is 0 Å². The summed E-state index contributed by atoms with van der Waals surface area (Å²) in [6.07, 6.45) is 1.67. The SMILES string of the molecule is CC(O)C(C)C(CCCCN)C(=O)O. The number of aliphatic hydroxyl groups excluding tert-OH is 1. The molecule has 0 spiro atoms. The lowest BCUT2D eigenvalue weighted by Crippen LogP contribution is -2.29. The molecule has 14 heavy (non-hydrogen) atoms. The third-order valence-corrected chi connectivity index (χ3v) is 2.68. The number of rotatable bonds is 7. The maximum atomic E-state index is 10.9. The van der Waals surface area contributed by atoms with Gasteiger partial charge < -0.3 is 15.9 Å². The Balaban J connectivity index is 4.08. The lowest BCUT2D eigenvalue weighted by molar-refractivity contribution is -0.145. The van der Waals surface area contributed by atoms with E-state index in [-0.39, 0.29) is 5.92 Å². The van der Waals surface area contributed by atoms with Crippen LogP contribution >= 0.6 is 0 Å². The second kappa shape index (κ2) is 6.79. The van der Waals surface area contributed by atoms with E-state index in [1.165, 1.54) is 0 Å². The first-order valence-corrected chi connectivity index (χ1v) is 5.11. The number of carboxylic acid groups (broad SMARTS) is 1. The summed E-state index contributed by atoms with van der Waals surface area (Å²) in [7, 11) is 0. The van der Waals surface area contributed by atoms with Gasteiger partial charge in [-0.1, -0.05) is 13.3 Å². The fraction of sp³-hybridized carbons (Fsp3) is 0.900. The van der Waals surface area contributed by atoms with E-state index < -0.39 is 18.0 Å². The molecular weight excluding hydrogens is 182 g/mol. The zero-order valence-corrected chi connectivity index (χ0v) is 8.94. The lowest BCUT2D eigenvalue weighted by Gasteiger charge is -2.22. The van der Waals surface area contributed by atoms with Gasteiger partial charge in [-0.15, -0.1) is 0 Å². The molecule has 0 aliphatic rings. The second-order valence-corrected chi connectivity index (χ2v) is 3.83. The molecule has 0 aromatic carbocycles. The summed E-state index contributed by atoms with van der Waals surface area (Å²) in [4.78, 5) is 10.9. The summed E-state index contributed by atoms with van der Waals surface area (Å²) in [5.41, 5.74) is 5.33. The topological polar surface area (TPSA) is 83.5 Å². The zero-order valence-electron chi connectivity index (χ0n) is 8.94. The van der Waals surface area contributed by atoms with Crippen LogP contribution in [0.25, 0.3) is 0 Å². The highest BCUT2D eigenvalue weighted by atomic mass is 16.4. The predicted octanol–water partition coefficient (Wildman–Crippen LogP) is 0.833. The third kappa shape index (κ3) is 4.58. The van der Waals surface area contributed by atoms with Crippen LogP contribution in [0.1, 0.15) is 33.1 Å². The molecule has 3 atom stereocenters. The molecule has 0 amide bonds. The monoisotopic (exact) mass is 203 g/mol. The van der Waals surface area contributed by atoms with Gasteiger partial charge in [0.2, 0.25) is 0 Å². The van der Waals surface area contributed by atoms with Gasteiger partial charge in [0.1, 0.15) is 0 Å². The van der Waals surface area contributed by atoms with Crippen LogP contribution in [0.5, 0.6) is 0 Å². The molecule has 0 bridgehead atoms. The number of aliphatic carboxylic acids is 1. The smallest absolute Gasteiger partial charge is 0.306 e. The summed E-state index contributed by atoms with van der Waals surface area (Å²) in [6, 6.07) is 0. The molecule has 0 rings (SSSR count). The first kappa shape index (κ1) is 13.4. The average Bonchev–Trinajstić information content (AvgIpc) is 2.10. The molecule has 0 fully saturated rings. The molecule has 4 heteroatoms. The molecular formula is C10H21NO3. The minimum atomic E-state index is -0.824. The van der Waals surface area contributed by atoms with Crippen molar-refractivity contribution >= 4 is 5.97 Å². The van der Waals surface area contributed by atoms with E-state index in [2.05, 4.69) is 0 Å². The number of hydrogen-bond acceptors (Lipinski definition) is 3. The Morgan fingerprint density at radius 1 is 1.36 bits per heavy atom. The molecule has 84 valence electrons. The van der Waals surface area contributed by atoms with Gasteiger partial charge in [-0.25, -0.2) is 0 Å². The van der Waals surface area contributed by atoms with Crippen molar-refractivity contribution in [1.29, 1.82) is 0 Å². The van der Waals surface area contributed by atoms with Gasteiger partial charge in [-0.2, -0.15) is 0 Å². The zero-order chi connectivity index (χ0) is 11.1. The van der Waals surface area contributed by atoms with Crippen molar-refractivity contribution in [2.75, 3.05) is 6.54 Å². The van der Waals surface area contributed by atoms with Crippen molar-refractivity contribution in [1.82, 2.24) is 0 Å². The molecule has 0 saturated carbocycles. The van der Waals surface area contributed by atoms with Gasteiger partial charge in [0, 0.05) is 0 Å². The Hall–Kier alpha value is -0.610. The lowest BCUT2D eigenvalue weighted by atomic mass is 9.86. The van der Waals surface area contributed by atoms with Crippen LogP contribution in [0.15, 0.2) is 0 Å². The molecule has 3 unspecified atom stereocenters. The van der Waals surface area contributed by atoms with E-state index in [0.717, 1.165) is 12.8 Å². The van der Waals surface area contributed by atoms with E-state index in [9.17, 15) is 9.90 Å². The van der Waals surface area contributed by atoms with Crippen LogP contribution < -0.4 is 5.73 Å². The number of carbonyl (C=O) groups is 1. The molecule has 4 nitrogen and oxygen atoms in total. The van der Waals surface area contributed by atoms with E-state index in [4.69, 9.17) is 10.8 Å². The quantitative estimate of drug-likeness (QED) is 0.535. The Morgan fingerprint density at radius 2 is 1.93 bits per heavy atom. The highest BCUT2D eigenvalue weighted by Crippen LogP contribution is 2.21. The summed E-state index contributed by atoms with van der Waals surface area (Å²) in [5, 5.41) is 18.3. The Bertz CT molecular complexity index is 171. The Labute approximate surface area is 85.1 Å². The van der Waals surface area contributed by atoms with Gasteiger partial charge in [-0.3, -0.25) is 4.79 Å². The van der Waals surface area contributed by atoms with Gasteiger partial charge >= 0.3 is 5.97 Å². The average molecular weight is 203 g/mol. The van der Waals surface area contributed by atoms with Crippen molar-refractivity contribution in [3.05, 3.63) is 0 Å². The maximum Gasteiger partial charge on any atom is 0.306 e. The maximum absolute atomic E-state index is 10.9. The number of aliphatic hydroxyl groups is 1. The summed E-state index contributed by atoms with van der Waals surface area (Å²) in [5.74, 6) is -1.48. The third-order valence-electron chi connectivity index (χ3n) is 2.68. The minimum absolute atomic E-state index is 0.203. The van der Waals surface area contributed by atoms with Crippen molar-refractivity contribution in [2.24, 2.45) is 17.6 Å². The molecule has 0 saturated heterocycles. The van der Waals surface area contributed by atoms with Crippen LogP contribution in [0.2, 0.25) is 0 Å². The molecule has 0 aliphatic heterocycles. The Kier molecular flexibility index (Phi) is 6.49. The van der Waals surface area contributed by atoms with E-state index in [1.807, 2.05) is 0 Å². The van der Waals surface area contributed by atoms with Gasteiger partial charge in [0.15, 0.2) is 0 Å². The number of unbranched alkanes of at least 4 members (excludes halogenated alkanes) is 1. The van der Waals surface area contributed by atoms with Gasteiger partial charge in [0.25, 0.3) is 0 Å². The fourth-order valence-corrected chi connectivity index (χ4v) is 1.46. The predicted molar refractivity (Wildman–Crippen MR) is 54.9 cm³/mol. The van der Waals surface area contributed by atoms with Gasteiger partial charge in [0.05, 0.1) is 12.0 Å². The molecule has 0 radical (unpaired) electrons. The number of carboxylic acids is 1. The van der Waals surface area contributed by atoms with E-state index >= 15 is 0 Å². The van der Waals surface area contributed by atoms with Crippen LogP contribution in [-0.2, 0) is 4.79 Å². The molecule has 0 aromatic rings. The van der Waals surface area contributed by atoms with Crippen molar-refractivity contribution in [2.45, 2.75) is 39.2 Å². The fourth-order valence-electron chi connectivity index (χ4n) is 1.46. The standard InChI is InChI=1S/C10H21NO3/c1-7(8(2)12)9(10(13)14)5-3-4-6-11/h7-9,12H,3-6,11H2,1-2H3,(H,13,14). The van der Waals surface area contributed by atoms with Crippen LogP contribution in [0, 0.1) is 11.8 Å². The van der Waals surface area contributed by atoms with Crippen molar-refractivity contribution < 1.29 is 15.0 Å². The second-order valence-electron chi connectivity index (χ2n) is 3.83. The summed E-state index contributed by atoms with van der Waals surface area (Å²) < 4.78 is 0. The normalized spacial score (nSPS) is 17.4. The number of hydrogen-bond donors (Lipinski definition) is 3. The molecule has 0 heterocycles. The van der Waals surface area contributed by atoms with Crippen LogP contribution in [0.3, 0.4) is 0 Å². The van der Waals surface area contributed by atoms with E-state index in [1.54, 1.807) is 13.8 Å². The summed E-state index contributed by atoms with van der Waals surface area (Å²) >= 11 is 0. The van der Waals surface area contributed by atoms with Crippen LogP contribution in [0.4, 0.5) is 0 Å². The molecule has 4 N–H and O–H groups in total. The minimum Gasteiger partial charge on any atom is -0.481 e. The highest BCUT2D eigenvalue weighted by molar-refractivity contribution is 5.70.